The second-order valence-corrected chi connectivity index (χ2v) is 3.88. The Morgan fingerprint density at radius 3 is 2.44 bits per heavy atom. The molecule has 1 aliphatic rings. The molecule has 0 unspecified atom stereocenters. The summed E-state index contributed by atoms with van der Waals surface area (Å²) >= 11 is 0. The van der Waals surface area contributed by atoms with Crippen molar-refractivity contribution >= 4 is 11.9 Å². The first-order valence-corrected chi connectivity index (χ1v) is 5.61. The van der Waals surface area contributed by atoms with E-state index >= 15 is 0 Å². The van der Waals surface area contributed by atoms with E-state index < -0.39 is 0 Å². The zero-order valence-electron chi connectivity index (χ0n) is 9.82. The molecular weight excluding hydrogens is 208 g/mol. The predicted molar refractivity (Wildman–Crippen MR) is 58.6 cm³/mol. The summed E-state index contributed by atoms with van der Waals surface area (Å²) in [6.07, 6.45) is 1.32. The number of esters is 2. The maximum Gasteiger partial charge on any atom is 0.333 e. The van der Waals surface area contributed by atoms with Gasteiger partial charge in [0.1, 0.15) is 0 Å². The highest BCUT2D eigenvalue weighted by atomic mass is 16.5. The number of ether oxygens (including phenoxy) is 2. The maximum absolute atomic E-state index is 11.3. The van der Waals surface area contributed by atoms with Gasteiger partial charge in [-0.05, 0) is 32.6 Å². The van der Waals surface area contributed by atoms with Gasteiger partial charge in [-0.1, -0.05) is 6.58 Å². The van der Waals surface area contributed by atoms with Crippen LogP contribution in [0, 0.1) is 11.8 Å². The Morgan fingerprint density at radius 2 is 1.88 bits per heavy atom. The number of carbonyl (C=O) groups excluding carboxylic acids is 2. The van der Waals surface area contributed by atoms with E-state index in [4.69, 9.17) is 9.47 Å². The Hall–Kier alpha value is -1.32. The lowest BCUT2D eigenvalue weighted by atomic mass is 10.1. The first-order valence-electron chi connectivity index (χ1n) is 5.61. The van der Waals surface area contributed by atoms with Gasteiger partial charge in [-0.15, -0.1) is 0 Å². The lowest BCUT2D eigenvalue weighted by molar-refractivity contribution is -0.145. The van der Waals surface area contributed by atoms with Gasteiger partial charge in [0.05, 0.1) is 19.1 Å². The van der Waals surface area contributed by atoms with Crippen LogP contribution < -0.4 is 0 Å². The molecule has 0 spiro atoms. The van der Waals surface area contributed by atoms with Crippen LogP contribution >= 0.6 is 0 Å². The summed E-state index contributed by atoms with van der Waals surface area (Å²) in [6, 6.07) is 0. The van der Waals surface area contributed by atoms with Gasteiger partial charge in [-0.3, -0.25) is 4.79 Å². The van der Waals surface area contributed by atoms with E-state index in [1.807, 2.05) is 0 Å². The van der Waals surface area contributed by atoms with Gasteiger partial charge >= 0.3 is 11.9 Å². The highest BCUT2D eigenvalue weighted by Crippen LogP contribution is 2.43. The Labute approximate surface area is 95.6 Å². The average Bonchev–Trinajstić information content (AvgIpc) is 2.98. The fourth-order valence-electron chi connectivity index (χ4n) is 1.64. The second-order valence-electron chi connectivity index (χ2n) is 3.88. The van der Waals surface area contributed by atoms with Crippen molar-refractivity contribution in [2.45, 2.75) is 26.7 Å². The highest BCUT2D eigenvalue weighted by Gasteiger charge is 2.44. The molecule has 0 heterocycles. The highest BCUT2D eigenvalue weighted by molar-refractivity contribution is 5.88. The van der Waals surface area contributed by atoms with E-state index in [2.05, 4.69) is 6.58 Å². The Kier molecular flexibility index (Phi) is 4.52. The Balaban J connectivity index is 2.28. The zero-order valence-corrected chi connectivity index (χ0v) is 9.82. The minimum atomic E-state index is -0.364. The summed E-state index contributed by atoms with van der Waals surface area (Å²) in [6.45, 7) is 7.96. The van der Waals surface area contributed by atoms with Crippen molar-refractivity contribution in [2.75, 3.05) is 13.2 Å². The first kappa shape index (κ1) is 12.7. The normalized spacial score (nSPS) is 22.4. The van der Waals surface area contributed by atoms with Gasteiger partial charge in [0, 0.05) is 5.57 Å². The SMILES string of the molecule is C=C(C[C@@H]1C[C@@H]1C(=O)OCC)C(=O)OCC. The van der Waals surface area contributed by atoms with Crippen LogP contribution in [0.2, 0.25) is 0 Å². The number of rotatable bonds is 6. The molecule has 0 aromatic carbocycles. The lowest BCUT2D eigenvalue weighted by Gasteiger charge is -2.04. The third-order valence-electron chi connectivity index (χ3n) is 2.58. The average molecular weight is 226 g/mol. The van der Waals surface area contributed by atoms with Gasteiger partial charge in [0.15, 0.2) is 0 Å². The fourth-order valence-corrected chi connectivity index (χ4v) is 1.64. The van der Waals surface area contributed by atoms with E-state index in [0.29, 0.717) is 25.2 Å². The Bertz CT molecular complexity index is 295. The van der Waals surface area contributed by atoms with Crippen LogP contribution in [0.1, 0.15) is 26.7 Å². The topological polar surface area (TPSA) is 52.6 Å². The summed E-state index contributed by atoms with van der Waals surface area (Å²) in [5.74, 6) is -0.372. The molecule has 0 aliphatic heterocycles. The van der Waals surface area contributed by atoms with Crippen molar-refractivity contribution in [1.82, 2.24) is 0 Å². The molecule has 1 saturated carbocycles. The van der Waals surface area contributed by atoms with E-state index in [1.54, 1.807) is 13.8 Å². The van der Waals surface area contributed by atoms with Crippen LogP contribution in [0.4, 0.5) is 0 Å². The summed E-state index contributed by atoms with van der Waals surface area (Å²) in [5.41, 5.74) is 0.443. The third-order valence-corrected chi connectivity index (χ3v) is 2.58. The van der Waals surface area contributed by atoms with Crippen molar-refractivity contribution in [3.63, 3.8) is 0 Å². The molecule has 4 nitrogen and oxygen atoms in total. The minimum absolute atomic E-state index is 0.0499. The monoisotopic (exact) mass is 226 g/mol. The molecule has 0 aromatic rings. The summed E-state index contributed by atoms with van der Waals surface area (Å²) < 4.78 is 9.72. The van der Waals surface area contributed by atoms with E-state index in [9.17, 15) is 9.59 Å². The molecule has 90 valence electrons. The van der Waals surface area contributed by atoms with Crippen molar-refractivity contribution in [3.8, 4) is 0 Å². The van der Waals surface area contributed by atoms with Crippen LogP contribution in [0.15, 0.2) is 12.2 Å². The standard InChI is InChI=1S/C12H18O4/c1-4-15-11(13)8(3)6-9-7-10(9)12(14)16-5-2/h9-10H,3-7H2,1-2H3/t9-,10+/m1/s1. The molecule has 16 heavy (non-hydrogen) atoms. The molecule has 2 atom stereocenters. The summed E-state index contributed by atoms with van der Waals surface area (Å²) in [5, 5.41) is 0. The minimum Gasteiger partial charge on any atom is -0.466 e. The molecule has 1 fully saturated rings. The van der Waals surface area contributed by atoms with Crippen LogP contribution in [-0.4, -0.2) is 25.2 Å². The number of hydrogen-bond acceptors (Lipinski definition) is 4. The van der Waals surface area contributed by atoms with Gasteiger partial charge in [-0.2, -0.15) is 0 Å². The van der Waals surface area contributed by atoms with E-state index in [0.717, 1.165) is 6.42 Å². The molecule has 0 saturated heterocycles. The second kappa shape index (κ2) is 5.68. The van der Waals surface area contributed by atoms with Crippen LogP contribution in [0.5, 0.6) is 0 Å². The molecule has 0 radical (unpaired) electrons. The molecule has 0 N–H and O–H groups in total. The van der Waals surface area contributed by atoms with Crippen molar-refractivity contribution in [1.29, 1.82) is 0 Å². The largest absolute Gasteiger partial charge is 0.466 e. The quantitative estimate of drug-likeness (QED) is 0.511. The molecule has 1 rings (SSSR count). The van der Waals surface area contributed by atoms with Crippen molar-refractivity contribution < 1.29 is 19.1 Å². The van der Waals surface area contributed by atoms with E-state index in [-0.39, 0.29) is 23.8 Å². The van der Waals surface area contributed by atoms with Gasteiger partial charge in [-0.25, -0.2) is 4.79 Å². The molecule has 4 heteroatoms. The summed E-state index contributed by atoms with van der Waals surface area (Å²) in [4.78, 5) is 22.6. The van der Waals surface area contributed by atoms with E-state index in [1.165, 1.54) is 0 Å². The fraction of sp³-hybridized carbons (Fsp3) is 0.667. The lowest BCUT2D eigenvalue weighted by Crippen LogP contribution is -2.10. The first-order chi connectivity index (χ1) is 7.60. The van der Waals surface area contributed by atoms with Gasteiger partial charge in [0.2, 0.25) is 0 Å². The van der Waals surface area contributed by atoms with Crippen LogP contribution in [0.3, 0.4) is 0 Å². The molecule has 0 amide bonds. The Morgan fingerprint density at radius 1 is 1.25 bits per heavy atom. The molecule has 0 aromatic heterocycles. The van der Waals surface area contributed by atoms with Crippen LogP contribution in [0.25, 0.3) is 0 Å². The van der Waals surface area contributed by atoms with Crippen molar-refractivity contribution in [3.05, 3.63) is 12.2 Å². The maximum atomic E-state index is 11.3. The van der Waals surface area contributed by atoms with Gasteiger partial charge in [0.25, 0.3) is 0 Å². The predicted octanol–water partition coefficient (Wildman–Crippen LogP) is 1.70. The molecule has 1 aliphatic carbocycles. The molecular formula is C12H18O4. The van der Waals surface area contributed by atoms with Crippen LogP contribution in [-0.2, 0) is 19.1 Å². The zero-order chi connectivity index (χ0) is 12.1. The van der Waals surface area contributed by atoms with Gasteiger partial charge < -0.3 is 9.47 Å². The van der Waals surface area contributed by atoms with Crippen molar-refractivity contribution in [2.24, 2.45) is 11.8 Å². The molecule has 0 bridgehead atoms. The third kappa shape index (κ3) is 3.36. The summed E-state index contributed by atoms with van der Waals surface area (Å²) in [7, 11) is 0. The number of carbonyl (C=O) groups is 2. The number of hydrogen-bond donors (Lipinski definition) is 0. The smallest absolute Gasteiger partial charge is 0.333 e.